The lowest BCUT2D eigenvalue weighted by Crippen LogP contribution is -2.32. The first kappa shape index (κ1) is 12.3. The number of fused-ring (bicyclic) bond motifs is 1. The summed E-state index contributed by atoms with van der Waals surface area (Å²) in [6.45, 7) is -1.01. The fraction of sp³-hybridized carbons (Fsp3) is 0.462. The Balaban J connectivity index is 1.63. The molecule has 2 unspecified atom stereocenters. The molecule has 1 aliphatic heterocycles. The molecule has 0 radical (unpaired) electrons. The topological polar surface area (TPSA) is 50.4 Å². The maximum Gasteiger partial charge on any atom is 0.387 e. The number of carbonyl (C=O) groups is 1. The van der Waals surface area contributed by atoms with Gasteiger partial charge in [0.15, 0.2) is 0 Å². The van der Waals surface area contributed by atoms with Crippen LogP contribution in [-0.4, -0.2) is 31.7 Å². The van der Waals surface area contributed by atoms with E-state index in [0.717, 1.165) is 13.1 Å². The van der Waals surface area contributed by atoms with Gasteiger partial charge in [0.2, 0.25) is 0 Å². The van der Waals surface area contributed by atoms with Crippen LogP contribution in [0.4, 0.5) is 8.78 Å². The van der Waals surface area contributed by atoms with E-state index in [9.17, 15) is 13.6 Å². The third-order valence-corrected chi connectivity index (χ3v) is 3.71. The monoisotopic (exact) mass is 268 g/mol. The molecule has 2 fully saturated rings. The van der Waals surface area contributed by atoms with Gasteiger partial charge in [-0.15, -0.1) is 0 Å². The zero-order chi connectivity index (χ0) is 13.4. The summed E-state index contributed by atoms with van der Waals surface area (Å²) in [6, 6.07) is 6.07. The Morgan fingerprint density at radius 3 is 2.79 bits per heavy atom. The van der Waals surface area contributed by atoms with Crippen molar-refractivity contribution < 1.29 is 18.3 Å². The second-order valence-electron chi connectivity index (χ2n) is 4.89. The number of alkyl halides is 2. The summed E-state index contributed by atoms with van der Waals surface area (Å²) in [7, 11) is 0. The van der Waals surface area contributed by atoms with Crippen LogP contribution in [0.25, 0.3) is 0 Å². The average molecular weight is 268 g/mol. The summed E-state index contributed by atoms with van der Waals surface area (Å²) in [6.07, 6.45) is 0. The van der Waals surface area contributed by atoms with Crippen LogP contribution in [0, 0.1) is 11.8 Å². The van der Waals surface area contributed by atoms with Gasteiger partial charge in [0.25, 0.3) is 5.91 Å². The molecule has 1 aromatic carbocycles. The van der Waals surface area contributed by atoms with E-state index in [-0.39, 0.29) is 17.7 Å². The summed E-state index contributed by atoms with van der Waals surface area (Å²) in [5.41, 5.74) is 0.344. The van der Waals surface area contributed by atoms with Crippen molar-refractivity contribution in [2.24, 2.45) is 11.8 Å². The van der Waals surface area contributed by atoms with E-state index in [1.165, 1.54) is 18.2 Å². The van der Waals surface area contributed by atoms with Gasteiger partial charge in [0.05, 0.1) is 0 Å². The van der Waals surface area contributed by atoms with Crippen molar-refractivity contribution in [1.82, 2.24) is 10.6 Å². The highest BCUT2D eigenvalue weighted by molar-refractivity contribution is 5.95. The third-order valence-electron chi connectivity index (χ3n) is 3.71. The Morgan fingerprint density at radius 2 is 2.11 bits per heavy atom. The number of carbonyl (C=O) groups excluding carboxylic acids is 1. The van der Waals surface area contributed by atoms with Gasteiger partial charge >= 0.3 is 6.61 Å². The summed E-state index contributed by atoms with van der Waals surface area (Å²) < 4.78 is 28.5. The number of piperidine rings is 1. The van der Waals surface area contributed by atoms with Crippen LogP contribution in [0.2, 0.25) is 0 Å². The molecule has 1 aromatic rings. The quantitative estimate of drug-likeness (QED) is 0.863. The summed E-state index contributed by atoms with van der Waals surface area (Å²) >= 11 is 0. The molecular weight excluding hydrogens is 254 g/mol. The standard InChI is InChI=1S/C13H14F2N2O2/c14-13(15)19-8-3-1-2-7(4-8)12(18)17-11-9-5-16-6-10(9)11/h1-4,9-11,13,16H,5-6H2,(H,17,18). The predicted molar refractivity (Wildman–Crippen MR) is 64.2 cm³/mol. The predicted octanol–water partition coefficient (Wildman–Crippen LogP) is 1.24. The zero-order valence-corrected chi connectivity index (χ0v) is 10.1. The molecule has 0 spiro atoms. The van der Waals surface area contributed by atoms with Gasteiger partial charge in [-0.3, -0.25) is 4.79 Å². The minimum atomic E-state index is -2.88. The third kappa shape index (κ3) is 2.53. The fourth-order valence-electron chi connectivity index (χ4n) is 2.68. The van der Waals surface area contributed by atoms with E-state index >= 15 is 0 Å². The molecule has 1 aliphatic carbocycles. The Bertz CT molecular complexity index is 485. The molecule has 2 aliphatic rings. The maximum atomic E-state index is 12.1. The number of rotatable bonds is 4. The fourth-order valence-corrected chi connectivity index (χ4v) is 2.68. The number of ether oxygens (including phenoxy) is 1. The van der Waals surface area contributed by atoms with E-state index in [4.69, 9.17) is 0 Å². The van der Waals surface area contributed by atoms with Crippen LogP contribution >= 0.6 is 0 Å². The van der Waals surface area contributed by atoms with Crippen LogP contribution in [0.1, 0.15) is 10.4 Å². The molecule has 0 aromatic heterocycles. The van der Waals surface area contributed by atoms with E-state index < -0.39 is 6.61 Å². The van der Waals surface area contributed by atoms with Gasteiger partial charge in [0.1, 0.15) is 5.75 Å². The van der Waals surface area contributed by atoms with E-state index in [1.54, 1.807) is 6.07 Å². The van der Waals surface area contributed by atoms with Gasteiger partial charge in [-0.05, 0) is 30.0 Å². The first-order valence-electron chi connectivity index (χ1n) is 6.21. The zero-order valence-electron chi connectivity index (χ0n) is 10.1. The maximum absolute atomic E-state index is 12.1. The van der Waals surface area contributed by atoms with Crippen molar-refractivity contribution in [3.05, 3.63) is 29.8 Å². The number of amides is 1. The molecule has 4 nitrogen and oxygen atoms in total. The Hall–Kier alpha value is -1.69. The molecule has 1 heterocycles. The number of nitrogens with one attached hydrogen (secondary N) is 2. The Morgan fingerprint density at radius 1 is 1.37 bits per heavy atom. The molecular formula is C13H14F2N2O2. The number of halogens is 2. The normalized spacial score (nSPS) is 28.1. The smallest absolute Gasteiger partial charge is 0.387 e. The highest BCUT2D eigenvalue weighted by Crippen LogP contribution is 2.41. The van der Waals surface area contributed by atoms with E-state index in [1.807, 2.05) is 0 Å². The molecule has 19 heavy (non-hydrogen) atoms. The van der Waals surface area contributed by atoms with Crippen molar-refractivity contribution in [1.29, 1.82) is 0 Å². The number of hydrogen-bond donors (Lipinski definition) is 2. The summed E-state index contributed by atoms with van der Waals surface area (Å²) in [4.78, 5) is 12.0. The Labute approximate surface area is 109 Å². The van der Waals surface area contributed by atoms with Crippen LogP contribution in [0.15, 0.2) is 24.3 Å². The van der Waals surface area contributed by atoms with Crippen LogP contribution < -0.4 is 15.4 Å². The molecule has 0 bridgehead atoms. The number of hydrogen-bond acceptors (Lipinski definition) is 3. The van der Waals surface area contributed by atoms with Crippen LogP contribution in [-0.2, 0) is 0 Å². The lowest BCUT2D eigenvalue weighted by molar-refractivity contribution is -0.0498. The molecule has 6 heteroatoms. The SMILES string of the molecule is O=C(NC1C2CNCC21)c1cccc(OC(F)F)c1. The highest BCUT2D eigenvalue weighted by Gasteiger charge is 2.53. The molecule has 1 saturated heterocycles. The molecule has 2 N–H and O–H groups in total. The van der Waals surface area contributed by atoms with Crippen molar-refractivity contribution in [2.45, 2.75) is 12.7 Å². The van der Waals surface area contributed by atoms with Gasteiger partial charge in [0, 0.05) is 24.7 Å². The number of benzene rings is 1. The van der Waals surface area contributed by atoms with Gasteiger partial charge < -0.3 is 15.4 Å². The van der Waals surface area contributed by atoms with Gasteiger partial charge in [-0.2, -0.15) is 8.78 Å². The Kier molecular flexibility index (Phi) is 3.10. The van der Waals surface area contributed by atoms with E-state index in [0.29, 0.717) is 17.4 Å². The second-order valence-corrected chi connectivity index (χ2v) is 4.89. The first-order valence-corrected chi connectivity index (χ1v) is 6.21. The van der Waals surface area contributed by atoms with Crippen molar-refractivity contribution in [3.63, 3.8) is 0 Å². The molecule has 1 amide bonds. The largest absolute Gasteiger partial charge is 0.435 e. The van der Waals surface area contributed by atoms with E-state index in [2.05, 4.69) is 15.4 Å². The average Bonchev–Trinajstić information content (AvgIpc) is 2.82. The minimum absolute atomic E-state index is 0.000285. The lowest BCUT2D eigenvalue weighted by Gasteiger charge is -2.09. The highest BCUT2D eigenvalue weighted by atomic mass is 19.3. The lowest BCUT2D eigenvalue weighted by atomic mass is 10.2. The second kappa shape index (κ2) is 4.77. The molecule has 1 saturated carbocycles. The van der Waals surface area contributed by atoms with Crippen LogP contribution in [0.3, 0.4) is 0 Å². The molecule has 2 atom stereocenters. The molecule has 102 valence electrons. The summed E-state index contributed by atoms with van der Waals surface area (Å²) in [5.74, 6) is 0.799. The van der Waals surface area contributed by atoms with Gasteiger partial charge in [-0.1, -0.05) is 6.07 Å². The van der Waals surface area contributed by atoms with Crippen LogP contribution in [0.5, 0.6) is 5.75 Å². The van der Waals surface area contributed by atoms with Crippen molar-refractivity contribution in [2.75, 3.05) is 13.1 Å². The molecule has 3 rings (SSSR count). The van der Waals surface area contributed by atoms with Crippen molar-refractivity contribution in [3.8, 4) is 5.75 Å². The summed E-state index contributed by atoms with van der Waals surface area (Å²) in [5, 5.41) is 6.17. The first-order chi connectivity index (χ1) is 9.15. The van der Waals surface area contributed by atoms with Crippen molar-refractivity contribution >= 4 is 5.91 Å². The minimum Gasteiger partial charge on any atom is -0.435 e. The van der Waals surface area contributed by atoms with Gasteiger partial charge in [-0.25, -0.2) is 0 Å².